The van der Waals surface area contributed by atoms with Crippen LogP contribution in [0.15, 0.2) is 35.5 Å². The molecule has 0 saturated carbocycles. The van der Waals surface area contributed by atoms with Crippen LogP contribution < -0.4 is 0 Å². The number of hydrogen-bond donors (Lipinski definition) is 1. The first-order valence-corrected chi connectivity index (χ1v) is 5.00. The Bertz CT molecular complexity index is 495. The largest absolute Gasteiger partial charge is 0.361 e. The van der Waals surface area contributed by atoms with Crippen molar-refractivity contribution in [3.8, 4) is 0 Å². The molecule has 0 amide bonds. The van der Waals surface area contributed by atoms with Crippen molar-refractivity contribution < 1.29 is 4.79 Å². The summed E-state index contributed by atoms with van der Waals surface area (Å²) >= 11 is 0. The predicted molar refractivity (Wildman–Crippen MR) is 59.6 cm³/mol. The zero-order chi connectivity index (χ0) is 10.5. The van der Waals surface area contributed by atoms with Crippen LogP contribution >= 0.6 is 0 Å². The number of aromatic nitrogens is 1. The van der Waals surface area contributed by atoms with Crippen LogP contribution in [0, 0.1) is 0 Å². The number of carbonyl (C=O) groups excluding carboxylic acids is 1. The Morgan fingerprint density at radius 2 is 2.20 bits per heavy atom. The van der Waals surface area contributed by atoms with Gasteiger partial charge in [-0.25, -0.2) is 9.79 Å². The number of fused-ring (bicyclic) bond motifs is 1. The van der Waals surface area contributed by atoms with Crippen LogP contribution in [0.3, 0.4) is 0 Å². The fourth-order valence-corrected chi connectivity index (χ4v) is 1.73. The van der Waals surface area contributed by atoms with Crippen LogP contribution in [0.1, 0.15) is 12.0 Å². The SMILES string of the molecule is O=C=NCCCc1c[nH]c2ccccc12. The minimum absolute atomic E-state index is 0.559. The molecule has 0 aliphatic rings. The second-order valence-corrected chi connectivity index (χ2v) is 3.44. The molecule has 0 bridgehead atoms. The van der Waals surface area contributed by atoms with E-state index in [1.807, 2.05) is 18.3 Å². The third kappa shape index (κ3) is 2.14. The molecule has 0 fully saturated rings. The van der Waals surface area contributed by atoms with E-state index >= 15 is 0 Å². The Labute approximate surface area is 87.8 Å². The lowest BCUT2D eigenvalue weighted by Crippen LogP contribution is -1.86. The van der Waals surface area contributed by atoms with Crippen LogP contribution in [0.5, 0.6) is 0 Å². The molecule has 3 heteroatoms. The van der Waals surface area contributed by atoms with E-state index in [9.17, 15) is 4.79 Å². The molecule has 0 atom stereocenters. The van der Waals surface area contributed by atoms with Gasteiger partial charge in [-0.3, -0.25) is 0 Å². The lowest BCUT2D eigenvalue weighted by atomic mass is 10.1. The quantitative estimate of drug-likeness (QED) is 0.460. The highest BCUT2D eigenvalue weighted by atomic mass is 16.1. The summed E-state index contributed by atoms with van der Waals surface area (Å²) < 4.78 is 0. The van der Waals surface area contributed by atoms with Crippen molar-refractivity contribution in [3.63, 3.8) is 0 Å². The fourth-order valence-electron chi connectivity index (χ4n) is 1.73. The number of aromatic amines is 1. The van der Waals surface area contributed by atoms with E-state index in [-0.39, 0.29) is 0 Å². The van der Waals surface area contributed by atoms with Crippen molar-refractivity contribution in [2.24, 2.45) is 4.99 Å². The van der Waals surface area contributed by atoms with Gasteiger partial charge in [0.25, 0.3) is 0 Å². The number of para-hydroxylation sites is 1. The van der Waals surface area contributed by atoms with Crippen LogP contribution in [-0.4, -0.2) is 17.6 Å². The van der Waals surface area contributed by atoms with Gasteiger partial charge in [-0.05, 0) is 24.5 Å². The first-order valence-electron chi connectivity index (χ1n) is 5.00. The van der Waals surface area contributed by atoms with Gasteiger partial charge in [-0.2, -0.15) is 0 Å². The number of benzene rings is 1. The molecule has 0 spiro atoms. The number of aliphatic imine (C=N–C) groups is 1. The maximum Gasteiger partial charge on any atom is 0.234 e. The van der Waals surface area contributed by atoms with E-state index in [1.54, 1.807) is 6.08 Å². The molecule has 76 valence electrons. The zero-order valence-electron chi connectivity index (χ0n) is 8.36. The summed E-state index contributed by atoms with van der Waals surface area (Å²) in [6, 6.07) is 8.20. The van der Waals surface area contributed by atoms with Crippen molar-refractivity contribution in [3.05, 3.63) is 36.0 Å². The van der Waals surface area contributed by atoms with Gasteiger partial charge in [0.2, 0.25) is 6.08 Å². The van der Waals surface area contributed by atoms with Crippen molar-refractivity contribution in [2.45, 2.75) is 12.8 Å². The Morgan fingerprint density at radius 3 is 3.07 bits per heavy atom. The van der Waals surface area contributed by atoms with Gasteiger partial charge in [0.15, 0.2) is 0 Å². The molecule has 2 rings (SSSR count). The minimum Gasteiger partial charge on any atom is -0.361 e. The average Bonchev–Trinajstić information content (AvgIpc) is 2.68. The molecule has 1 heterocycles. The van der Waals surface area contributed by atoms with Gasteiger partial charge in [-0.1, -0.05) is 18.2 Å². The molecule has 0 radical (unpaired) electrons. The van der Waals surface area contributed by atoms with Crippen molar-refractivity contribution in [1.29, 1.82) is 0 Å². The normalized spacial score (nSPS) is 10.1. The Hall–Kier alpha value is -1.86. The van der Waals surface area contributed by atoms with Gasteiger partial charge >= 0.3 is 0 Å². The predicted octanol–water partition coefficient (Wildman–Crippen LogP) is 2.44. The van der Waals surface area contributed by atoms with Crippen molar-refractivity contribution in [2.75, 3.05) is 6.54 Å². The molecule has 1 N–H and O–H groups in total. The third-order valence-corrected chi connectivity index (χ3v) is 2.46. The number of aryl methyl sites for hydroxylation is 1. The molecular weight excluding hydrogens is 188 g/mol. The van der Waals surface area contributed by atoms with Crippen LogP contribution in [0.4, 0.5) is 0 Å². The first kappa shape index (κ1) is 9.69. The molecule has 0 saturated heterocycles. The molecular formula is C12H12N2O. The van der Waals surface area contributed by atoms with Gasteiger partial charge in [-0.15, -0.1) is 0 Å². The second kappa shape index (κ2) is 4.58. The minimum atomic E-state index is 0.559. The van der Waals surface area contributed by atoms with Crippen molar-refractivity contribution >= 4 is 17.0 Å². The summed E-state index contributed by atoms with van der Waals surface area (Å²) in [7, 11) is 0. The topological polar surface area (TPSA) is 45.2 Å². The van der Waals surface area contributed by atoms with Gasteiger partial charge in [0, 0.05) is 17.1 Å². The summed E-state index contributed by atoms with van der Waals surface area (Å²) in [6.07, 6.45) is 5.40. The lowest BCUT2D eigenvalue weighted by Gasteiger charge is -1.95. The Balaban J connectivity index is 2.11. The third-order valence-electron chi connectivity index (χ3n) is 2.46. The van der Waals surface area contributed by atoms with E-state index in [2.05, 4.69) is 22.1 Å². The highest BCUT2D eigenvalue weighted by molar-refractivity contribution is 5.82. The number of isocyanates is 1. The standard InChI is InChI=1S/C12H12N2O/c15-9-13-7-3-4-10-8-14-12-6-2-1-5-11(10)12/h1-2,5-6,8,14H,3-4,7H2. The van der Waals surface area contributed by atoms with E-state index in [4.69, 9.17) is 0 Å². The van der Waals surface area contributed by atoms with Crippen molar-refractivity contribution in [1.82, 2.24) is 4.98 Å². The molecule has 1 aromatic heterocycles. The number of nitrogens with zero attached hydrogens (tertiary/aromatic N) is 1. The summed E-state index contributed by atoms with van der Waals surface area (Å²) in [6.45, 7) is 0.559. The van der Waals surface area contributed by atoms with Crippen LogP contribution in [0.2, 0.25) is 0 Å². The lowest BCUT2D eigenvalue weighted by molar-refractivity contribution is 0.562. The van der Waals surface area contributed by atoms with E-state index in [0.717, 1.165) is 18.4 Å². The molecule has 15 heavy (non-hydrogen) atoms. The summed E-state index contributed by atoms with van der Waals surface area (Å²) in [5.74, 6) is 0. The fraction of sp³-hybridized carbons (Fsp3) is 0.250. The molecule has 0 aliphatic carbocycles. The molecule has 0 aliphatic heterocycles. The first-order chi connectivity index (χ1) is 7.42. The Kier molecular flexibility index (Phi) is 2.96. The Morgan fingerprint density at radius 1 is 1.33 bits per heavy atom. The molecule has 1 aromatic carbocycles. The number of rotatable bonds is 4. The van der Waals surface area contributed by atoms with E-state index < -0.39 is 0 Å². The van der Waals surface area contributed by atoms with Gasteiger partial charge < -0.3 is 4.98 Å². The van der Waals surface area contributed by atoms with Crippen LogP contribution in [0.25, 0.3) is 10.9 Å². The van der Waals surface area contributed by atoms with Gasteiger partial charge in [0.05, 0.1) is 6.54 Å². The molecule has 0 unspecified atom stereocenters. The highest BCUT2D eigenvalue weighted by Gasteiger charge is 2.01. The number of H-pyrrole nitrogens is 1. The smallest absolute Gasteiger partial charge is 0.234 e. The highest BCUT2D eigenvalue weighted by Crippen LogP contribution is 2.18. The van der Waals surface area contributed by atoms with Crippen LogP contribution in [-0.2, 0) is 11.2 Å². The average molecular weight is 200 g/mol. The molecule has 3 nitrogen and oxygen atoms in total. The van der Waals surface area contributed by atoms with Gasteiger partial charge in [0.1, 0.15) is 0 Å². The summed E-state index contributed by atoms with van der Waals surface area (Å²) in [4.78, 5) is 16.6. The van der Waals surface area contributed by atoms with E-state index in [1.165, 1.54) is 10.9 Å². The monoisotopic (exact) mass is 200 g/mol. The molecule has 2 aromatic rings. The summed E-state index contributed by atoms with van der Waals surface area (Å²) in [5.41, 5.74) is 2.44. The maximum atomic E-state index is 9.88. The maximum absolute atomic E-state index is 9.88. The zero-order valence-corrected chi connectivity index (χ0v) is 8.36. The second-order valence-electron chi connectivity index (χ2n) is 3.44. The van der Waals surface area contributed by atoms with E-state index in [0.29, 0.717) is 6.54 Å². The number of hydrogen-bond acceptors (Lipinski definition) is 2. The summed E-state index contributed by atoms with van der Waals surface area (Å²) in [5, 5.41) is 1.26. The number of nitrogens with one attached hydrogen (secondary N) is 1.